The van der Waals surface area contributed by atoms with Crippen molar-refractivity contribution in [2.45, 2.75) is 31.8 Å². The van der Waals surface area contributed by atoms with E-state index in [0.717, 1.165) is 5.69 Å². The summed E-state index contributed by atoms with van der Waals surface area (Å²) in [6.07, 6.45) is 4.49. The molecule has 5 heteroatoms. The van der Waals surface area contributed by atoms with Crippen LogP contribution in [0.5, 0.6) is 0 Å². The van der Waals surface area contributed by atoms with Gasteiger partial charge in [0.25, 0.3) is 0 Å². The largest absolute Gasteiger partial charge is 0.393 e. The highest BCUT2D eigenvalue weighted by atomic mass is 127. The first-order chi connectivity index (χ1) is 10.2. The van der Waals surface area contributed by atoms with Gasteiger partial charge in [-0.2, -0.15) is 0 Å². The highest BCUT2D eigenvalue weighted by Crippen LogP contribution is 2.42. The molecule has 0 aliphatic heterocycles. The van der Waals surface area contributed by atoms with Crippen LogP contribution in [0.2, 0.25) is 0 Å². The number of rotatable bonds is 8. The van der Waals surface area contributed by atoms with Gasteiger partial charge in [0.15, 0.2) is 0 Å². The summed E-state index contributed by atoms with van der Waals surface area (Å²) in [5, 5.41) is 17.4. The lowest BCUT2D eigenvalue weighted by atomic mass is 10.2. The minimum absolute atomic E-state index is 0.250. The molecule has 0 saturated heterocycles. The van der Waals surface area contributed by atoms with E-state index in [9.17, 15) is 5.11 Å². The van der Waals surface area contributed by atoms with Crippen molar-refractivity contribution < 1.29 is 9.94 Å². The fourth-order valence-electron chi connectivity index (χ4n) is 2.33. The first kappa shape index (κ1) is 15.1. The van der Waals surface area contributed by atoms with E-state index in [1.165, 1.54) is 35.0 Å². The van der Waals surface area contributed by atoms with E-state index in [1.54, 1.807) is 0 Å². The molecule has 0 radical (unpaired) electrons. The Morgan fingerprint density at radius 2 is 2.05 bits per heavy atom. The lowest BCUT2D eigenvalue weighted by Crippen LogP contribution is -2.24. The van der Waals surface area contributed by atoms with Crippen LogP contribution >= 0.6 is 22.6 Å². The number of anilines is 1. The lowest BCUT2D eigenvalue weighted by molar-refractivity contribution is 0.0461. The molecule has 1 aromatic rings. The molecule has 3 rings (SSSR count). The Labute approximate surface area is 139 Å². The third-order valence-electron chi connectivity index (χ3n) is 3.79. The van der Waals surface area contributed by atoms with Crippen LogP contribution in [-0.4, -0.2) is 30.1 Å². The van der Waals surface area contributed by atoms with E-state index in [1.807, 2.05) is 24.3 Å². The van der Waals surface area contributed by atoms with Gasteiger partial charge in [0, 0.05) is 27.6 Å². The Morgan fingerprint density at radius 1 is 1.33 bits per heavy atom. The quantitative estimate of drug-likeness (QED) is 0.400. The number of aliphatic hydroxyl groups is 1. The van der Waals surface area contributed by atoms with Gasteiger partial charge in [0.05, 0.1) is 5.71 Å². The number of hydrogen-bond donors (Lipinski definition) is 2. The van der Waals surface area contributed by atoms with Crippen LogP contribution in [0.25, 0.3) is 0 Å². The predicted molar refractivity (Wildman–Crippen MR) is 92.5 cm³/mol. The van der Waals surface area contributed by atoms with Crippen LogP contribution in [0.15, 0.2) is 29.4 Å². The molecule has 2 N–H and O–H groups in total. The molecule has 0 bridgehead atoms. The summed E-state index contributed by atoms with van der Waals surface area (Å²) in [6, 6.07) is 8.07. The molecule has 1 unspecified atom stereocenters. The van der Waals surface area contributed by atoms with E-state index in [2.05, 4.69) is 33.1 Å². The van der Waals surface area contributed by atoms with E-state index in [-0.39, 0.29) is 6.61 Å². The monoisotopic (exact) mass is 400 g/mol. The summed E-state index contributed by atoms with van der Waals surface area (Å²) in [5.74, 6) is 1.33. The van der Waals surface area contributed by atoms with Crippen LogP contribution in [0, 0.1) is 15.4 Å². The van der Waals surface area contributed by atoms with Gasteiger partial charge in [-0.25, -0.2) is 0 Å². The summed E-state index contributed by atoms with van der Waals surface area (Å²) in [6.45, 7) is 0.720. The highest BCUT2D eigenvalue weighted by Gasteiger charge is 2.38. The third kappa shape index (κ3) is 4.85. The first-order valence-electron chi connectivity index (χ1n) is 7.59. The second-order valence-corrected chi connectivity index (χ2v) is 7.15. The molecule has 0 amide bonds. The fourth-order valence-corrected chi connectivity index (χ4v) is 2.87. The molecule has 114 valence electrons. The van der Waals surface area contributed by atoms with E-state index in [4.69, 9.17) is 4.84 Å². The molecule has 1 aromatic carbocycles. The second kappa shape index (κ2) is 6.96. The molecule has 4 nitrogen and oxygen atoms in total. The zero-order valence-corrected chi connectivity index (χ0v) is 14.1. The Bertz CT molecular complexity index is 499. The van der Waals surface area contributed by atoms with Crippen molar-refractivity contribution in [3.63, 3.8) is 0 Å². The van der Waals surface area contributed by atoms with Crippen molar-refractivity contribution in [3.8, 4) is 0 Å². The summed E-state index contributed by atoms with van der Waals surface area (Å²) >= 11 is 2.27. The molecule has 2 aliphatic rings. The predicted octanol–water partition coefficient (Wildman–Crippen LogP) is 3.26. The van der Waals surface area contributed by atoms with Gasteiger partial charge in [-0.3, -0.25) is 0 Å². The second-order valence-electron chi connectivity index (χ2n) is 5.91. The fraction of sp³-hybridized carbons (Fsp3) is 0.562. The Kier molecular flexibility index (Phi) is 5.00. The van der Waals surface area contributed by atoms with Crippen molar-refractivity contribution in [3.05, 3.63) is 27.8 Å². The number of halogens is 1. The van der Waals surface area contributed by atoms with Crippen LogP contribution in [0.3, 0.4) is 0 Å². The SMILES string of the molecule is OC(CNc1cccc(I)c1)CON=C(C1CC1)C1CC1. The molecule has 2 saturated carbocycles. The van der Waals surface area contributed by atoms with Crippen LogP contribution in [0.1, 0.15) is 25.7 Å². The standard InChI is InChI=1S/C16H21IN2O2/c17-13-2-1-3-14(8-13)18-9-15(20)10-21-19-16(11-4-5-11)12-6-7-12/h1-3,8,11-12,15,18,20H,4-7,9-10H2. The number of benzene rings is 1. The van der Waals surface area contributed by atoms with Gasteiger partial charge >= 0.3 is 0 Å². The van der Waals surface area contributed by atoms with E-state index >= 15 is 0 Å². The molecular formula is C16H21IN2O2. The van der Waals surface area contributed by atoms with Crippen LogP contribution in [0.4, 0.5) is 5.69 Å². The Balaban J connectivity index is 1.40. The lowest BCUT2D eigenvalue weighted by Gasteiger charge is -2.12. The number of nitrogens with one attached hydrogen (secondary N) is 1. The average molecular weight is 400 g/mol. The van der Waals surface area contributed by atoms with Gasteiger partial charge in [-0.15, -0.1) is 0 Å². The summed E-state index contributed by atoms with van der Waals surface area (Å²) in [7, 11) is 0. The Hall–Kier alpha value is -0.820. The molecular weight excluding hydrogens is 379 g/mol. The number of hydrogen-bond acceptors (Lipinski definition) is 4. The Morgan fingerprint density at radius 3 is 2.67 bits per heavy atom. The minimum atomic E-state index is -0.550. The van der Waals surface area contributed by atoms with Crippen LogP contribution in [-0.2, 0) is 4.84 Å². The smallest absolute Gasteiger partial charge is 0.144 e. The summed E-state index contributed by atoms with van der Waals surface area (Å²) < 4.78 is 1.17. The normalized spacial score (nSPS) is 19.0. The molecule has 2 fully saturated rings. The minimum Gasteiger partial charge on any atom is -0.393 e. The molecule has 21 heavy (non-hydrogen) atoms. The van der Waals surface area contributed by atoms with Gasteiger partial charge in [-0.1, -0.05) is 11.2 Å². The van der Waals surface area contributed by atoms with Crippen molar-refractivity contribution in [2.24, 2.45) is 17.0 Å². The topological polar surface area (TPSA) is 53.8 Å². The summed E-state index contributed by atoms with van der Waals surface area (Å²) in [5.41, 5.74) is 2.26. The zero-order chi connectivity index (χ0) is 14.7. The first-order valence-corrected chi connectivity index (χ1v) is 8.67. The van der Waals surface area contributed by atoms with Gasteiger partial charge < -0.3 is 15.3 Å². The maximum Gasteiger partial charge on any atom is 0.144 e. The zero-order valence-electron chi connectivity index (χ0n) is 12.0. The number of aliphatic hydroxyl groups excluding tert-OH is 1. The van der Waals surface area contributed by atoms with Gasteiger partial charge in [0.1, 0.15) is 12.7 Å². The molecule has 0 heterocycles. The van der Waals surface area contributed by atoms with Gasteiger partial charge in [0.2, 0.25) is 0 Å². The van der Waals surface area contributed by atoms with E-state index in [0.29, 0.717) is 18.4 Å². The molecule has 1 atom stereocenters. The van der Waals surface area contributed by atoms with Crippen molar-refractivity contribution >= 4 is 34.0 Å². The molecule has 2 aliphatic carbocycles. The maximum atomic E-state index is 9.94. The van der Waals surface area contributed by atoms with E-state index < -0.39 is 6.10 Å². The van der Waals surface area contributed by atoms with Crippen molar-refractivity contribution in [1.29, 1.82) is 0 Å². The molecule has 0 spiro atoms. The summed E-state index contributed by atoms with van der Waals surface area (Å²) in [4.78, 5) is 5.37. The van der Waals surface area contributed by atoms with Crippen LogP contribution < -0.4 is 5.32 Å². The maximum absolute atomic E-state index is 9.94. The third-order valence-corrected chi connectivity index (χ3v) is 4.47. The van der Waals surface area contributed by atoms with Gasteiger partial charge in [-0.05, 0) is 66.5 Å². The molecule has 0 aromatic heterocycles. The highest BCUT2D eigenvalue weighted by molar-refractivity contribution is 14.1. The number of nitrogens with zero attached hydrogens (tertiary/aromatic N) is 1. The van der Waals surface area contributed by atoms with Crippen molar-refractivity contribution in [2.75, 3.05) is 18.5 Å². The average Bonchev–Trinajstić information content (AvgIpc) is 3.35. The number of oxime groups is 1. The van der Waals surface area contributed by atoms with Crippen molar-refractivity contribution in [1.82, 2.24) is 0 Å².